The number of carbonyl (C=O) groups excluding carboxylic acids is 1. The molecule has 0 saturated heterocycles. The SMILES string of the molecule is CCc1cccc(CNC[C@@H](O)[C@H](Cc2cc(F)cc(F)c2)NC(=O)Cc2ccc[n+]([O-])c2)c1. The number of carbonyl (C=O) groups is 1. The molecule has 0 radical (unpaired) electrons. The Morgan fingerprint density at radius 1 is 1.03 bits per heavy atom. The number of amides is 1. The Hall–Kier alpha value is -3.36. The van der Waals surface area contributed by atoms with Gasteiger partial charge in [-0.15, -0.1) is 0 Å². The quantitative estimate of drug-likeness (QED) is 0.298. The molecule has 0 aliphatic heterocycles. The van der Waals surface area contributed by atoms with E-state index in [9.17, 15) is 23.9 Å². The van der Waals surface area contributed by atoms with Gasteiger partial charge in [0.25, 0.3) is 0 Å². The number of pyridine rings is 1. The third-order valence-corrected chi connectivity index (χ3v) is 5.47. The number of hydrogen-bond donors (Lipinski definition) is 3. The monoisotopic (exact) mass is 469 g/mol. The van der Waals surface area contributed by atoms with E-state index in [1.54, 1.807) is 6.07 Å². The molecule has 2 atom stereocenters. The summed E-state index contributed by atoms with van der Waals surface area (Å²) < 4.78 is 28.0. The van der Waals surface area contributed by atoms with Gasteiger partial charge in [0, 0.05) is 30.8 Å². The summed E-state index contributed by atoms with van der Waals surface area (Å²) >= 11 is 0. The molecule has 3 rings (SSSR count). The number of benzene rings is 2. The Morgan fingerprint density at radius 2 is 1.74 bits per heavy atom. The van der Waals surface area contributed by atoms with Crippen LogP contribution in [0.4, 0.5) is 8.78 Å². The molecule has 2 aromatic carbocycles. The fraction of sp³-hybridized carbons (Fsp3) is 0.308. The van der Waals surface area contributed by atoms with Gasteiger partial charge in [-0.05, 0) is 47.7 Å². The van der Waals surface area contributed by atoms with Gasteiger partial charge in [-0.1, -0.05) is 31.2 Å². The summed E-state index contributed by atoms with van der Waals surface area (Å²) in [5.41, 5.74) is 3.09. The molecule has 0 saturated carbocycles. The van der Waals surface area contributed by atoms with Crippen LogP contribution in [0, 0.1) is 16.8 Å². The number of nitrogens with one attached hydrogen (secondary N) is 2. The fourth-order valence-corrected chi connectivity index (χ4v) is 3.78. The second-order valence-corrected chi connectivity index (χ2v) is 8.28. The minimum Gasteiger partial charge on any atom is -0.619 e. The van der Waals surface area contributed by atoms with E-state index in [0.29, 0.717) is 22.4 Å². The zero-order valence-corrected chi connectivity index (χ0v) is 19.0. The largest absolute Gasteiger partial charge is 0.619 e. The second-order valence-electron chi connectivity index (χ2n) is 8.28. The molecule has 0 fully saturated rings. The minimum absolute atomic E-state index is 0.0327. The van der Waals surface area contributed by atoms with Crippen LogP contribution in [0.1, 0.15) is 29.2 Å². The normalized spacial score (nSPS) is 12.8. The number of nitrogens with zero attached hydrogens (tertiary/aromatic N) is 1. The van der Waals surface area contributed by atoms with Crippen LogP contribution in [0.2, 0.25) is 0 Å². The average molecular weight is 470 g/mol. The lowest BCUT2D eigenvalue weighted by Crippen LogP contribution is -2.49. The van der Waals surface area contributed by atoms with Gasteiger partial charge >= 0.3 is 0 Å². The van der Waals surface area contributed by atoms with Crippen LogP contribution in [-0.2, 0) is 30.6 Å². The van der Waals surface area contributed by atoms with Gasteiger partial charge < -0.3 is 20.9 Å². The Morgan fingerprint density at radius 3 is 2.44 bits per heavy atom. The molecular formula is C26H29F2N3O3. The molecule has 0 aliphatic carbocycles. The van der Waals surface area contributed by atoms with E-state index in [-0.39, 0.29) is 19.4 Å². The Labute approximate surface area is 197 Å². The molecule has 180 valence electrons. The maximum absolute atomic E-state index is 13.7. The van der Waals surface area contributed by atoms with E-state index < -0.39 is 29.7 Å². The van der Waals surface area contributed by atoms with Gasteiger partial charge in [-0.25, -0.2) is 8.78 Å². The van der Waals surface area contributed by atoms with Crippen molar-refractivity contribution in [3.8, 4) is 0 Å². The van der Waals surface area contributed by atoms with Crippen LogP contribution in [0.5, 0.6) is 0 Å². The average Bonchev–Trinajstić information content (AvgIpc) is 2.78. The van der Waals surface area contributed by atoms with E-state index in [4.69, 9.17) is 0 Å². The van der Waals surface area contributed by atoms with Crippen LogP contribution in [0.25, 0.3) is 0 Å². The number of aromatic nitrogens is 1. The Bertz CT molecular complexity index is 1090. The van der Waals surface area contributed by atoms with Crippen molar-refractivity contribution in [2.75, 3.05) is 6.54 Å². The number of hydrogen-bond acceptors (Lipinski definition) is 4. The molecule has 1 heterocycles. The van der Waals surface area contributed by atoms with Gasteiger partial charge in [0.2, 0.25) is 5.91 Å². The summed E-state index contributed by atoms with van der Waals surface area (Å²) in [6.45, 7) is 2.75. The van der Waals surface area contributed by atoms with Crippen LogP contribution in [-0.4, -0.2) is 29.7 Å². The van der Waals surface area contributed by atoms with Gasteiger partial charge in [0.05, 0.1) is 18.6 Å². The highest BCUT2D eigenvalue weighted by atomic mass is 19.1. The predicted molar refractivity (Wildman–Crippen MR) is 125 cm³/mol. The predicted octanol–water partition coefficient (Wildman–Crippen LogP) is 2.58. The van der Waals surface area contributed by atoms with Crippen molar-refractivity contribution in [1.29, 1.82) is 0 Å². The van der Waals surface area contributed by atoms with Crippen molar-refractivity contribution in [3.63, 3.8) is 0 Å². The maximum atomic E-state index is 13.7. The summed E-state index contributed by atoms with van der Waals surface area (Å²) in [4.78, 5) is 12.6. The second kappa shape index (κ2) is 12.2. The molecular weight excluding hydrogens is 440 g/mol. The lowest BCUT2D eigenvalue weighted by Gasteiger charge is -2.25. The van der Waals surface area contributed by atoms with Crippen LogP contribution in [0.3, 0.4) is 0 Å². The van der Waals surface area contributed by atoms with E-state index in [2.05, 4.69) is 23.6 Å². The van der Waals surface area contributed by atoms with Crippen LogP contribution >= 0.6 is 0 Å². The molecule has 0 aliphatic rings. The lowest BCUT2D eigenvalue weighted by atomic mass is 10.00. The van der Waals surface area contributed by atoms with Gasteiger partial charge in [-0.2, -0.15) is 4.73 Å². The van der Waals surface area contributed by atoms with Crippen LogP contribution < -0.4 is 15.4 Å². The molecule has 34 heavy (non-hydrogen) atoms. The standard InChI is InChI=1S/C26H29F2N3O3/c1-2-18-5-3-6-19(9-18)15-29-16-25(32)24(12-21-10-22(27)14-23(28)11-21)30-26(33)13-20-7-4-8-31(34)17-20/h3-11,14,17,24-25,29,32H,2,12-13,15-16H2,1H3,(H,30,33)/t24-,25+/m0/s1. The number of aliphatic hydroxyl groups is 1. The van der Waals surface area contributed by atoms with Gasteiger partial charge in [-0.3, -0.25) is 4.79 Å². The van der Waals surface area contributed by atoms with Crippen molar-refractivity contribution >= 4 is 5.91 Å². The highest BCUT2D eigenvalue weighted by Gasteiger charge is 2.23. The maximum Gasteiger partial charge on any atom is 0.224 e. The number of rotatable bonds is 11. The Kier molecular flexibility index (Phi) is 9.07. The molecule has 3 N–H and O–H groups in total. The highest BCUT2D eigenvalue weighted by Crippen LogP contribution is 2.13. The summed E-state index contributed by atoms with van der Waals surface area (Å²) in [6, 6.07) is 13.6. The summed E-state index contributed by atoms with van der Waals surface area (Å²) in [6.07, 6.45) is 2.46. The molecule has 0 spiro atoms. The summed E-state index contributed by atoms with van der Waals surface area (Å²) in [5, 5.41) is 28.2. The first kappa shape index (κ1) is 25.3. The van der Waals surface area contributed by atoms with E-state index >= 15 is 0 Å². The number of aliphatic hydroxyl groups excluding tert-OH is 1. The van der Waals surface area contributed by atoms with Crippen molar-refractivity contribution in [3.05, 3.63) is 106 Å². The molecule has 1 aromatic heterocycles. The first-order valence-corrected chi connectivity index (χ1v) is 11.2. The summed E-state index contributed by atoms with van der Waals surface area (Å²) in [5.74, 6) is -1.87. The fourth-order valence-electron chi connectivity index (χ4n) is 3.78. The molecule has 0 unspecified atom stereocenters. The van der Waals surface area contributed by atoms with Crippen molar-refractivity contribution in [2.45, 2.75) is 44.9 Å². The minimum atomic E-state index is -1.02. The molecule has 8 heteroatoms. The van der Waals surface area contributed by atoms with Crippen LogP contribution in [0.15, 0.2) is 67.0 Å². The van der Waals surface area contributed by atoms with E-state index in [0.717, 1.165) is 18.1 Å². The van der Waals surface area contributed by atoms with Crippen molar-refractivity contribution < 1.29 is 23.4 Å². The smallest absolute Gasteiger partial charge is 0.224 e. The van der Waals surface area contributed by atoms with Gasteiger partial charge in [0.15, 0.2) is 12.4 Å². The van der Waals surface area contributed by atoms with E-state index in [1.165, 1.54) is 36.2 Å². The highest BCUT2D eigenvalue weighted by molar-refractivity contribution is 5.78. The van der Waals surface area contributed by atoms with Gasteiger partial charge in [0.1, 0.15) is 11.6 Å². The third-order valence-electron chi connectivity index (χ3n) is 5.47. The topological polar surface area (TPSA) is 88.3 Å². The molecule has 3 aromatic rings. The zero-order chi connectivity index (χ0) is 24.5. The molecule has 0 bridgehead atoms. The first-order chi connectivity index (χ1) is 16.3. The number of halogens is 2. The third kappa shape index (κ3) is 7.90. The summed E-state index contributed by atoms with van der Waals surface area (Å²) in [7, 11) is 0. The molecule has 1 amide bonds. The number of aryl methyl sites for hydroxylation is 1. The molecule has 6 nitrogen and oxygen atoms in total. The zero-order valence-electron chi connectivity index (χ0n) is 19.0. The van der Waals surface area contributed by atoms with Crippen molar-refractivity contribution in [1.82, 2.24) is 10.6 Å². The Balaban J connectivity index is 1.66. The first-order valence-electron chi connectivity index (χ1n) is 11.2. The van der Waals surface area contributed by atoms with E-state index in [1.807, 2.05) is 18.2 Å². The van der Waals surface area contributed by atoms with Crippen molar-refractivity contribution in [2.24, 2.45) is 0 Å². The lowest BCUT2D eigenvalue weighted by molar-refractivity contribution is -0.605.